The Balaban J connectivity index is 2.00. The Morgan fingerprint density at radius 3 is 1.96 bits per heavy atom. The Hall–Kier alpha value is -2.17. The zero-order valence-corrected chi connectivity index (χ0v) is 17.2. The van der Waals surface area contributed by atoms with Crippen molar-refractivity contribution in [3.63, 3.8) is 0 Å². The standard InChI is InChI=1S/C22H16Br2O2/c1-26-22(25)20-13-6-16(3-2-15-4-9-18(23)10-5-15)14-21(20)17-7-11-19(24)12-8-17/h2-14H,1H3/b3-2+. The average molecular weight is 472 g/mol. The Morgan fingerprint density at radius 1 is 0.808 bits per heavy atom. The van der Waals surface area contributed by atoms with Crippen LogP contribution in [0.4, 0.5) is 0 Å². The van der Waals surface area contributed by atoms with E-state index in [-0.39, 0.29) is 5.97 Å². The molecular formula is C22H16Br2O2. The lowest BCUT2D eigenvalue weighted by Gasteiger charge is -2.10. The first-order valence-electron chi connectivity index (χ1n) is 7.99. The first-order valence-corrected chi connectivity index (χ1v) is 9.57. The maximum Gasteiger partial charge on any atom is 0.338 e. The minimum atomic E-state index is -0.341. The van der Waals surface area contributed by atoms with Gasteiger partial charge in [-0.1, -0.05) is 74.3 Å². The fraction of sp³-hybridized carbons (Fsp3) is 0.0455. The number of rotatable bonds is 4. The summed E-state index contributed by atoms with van der Waals surface area (Å²) >= 11 is 6.88. The van der Waals surface area contributed by atoms with Crippen LogP contribution in [-0.4, -0.2) is 13.1 Å². The third-order valence-electron chi connectivity index (χ3n) is 3.94. The SMILES string of the molecule is COC(=O)c1ccc(/C=C/c2ccc(Br)cc2)cc1-c1ccc(Br)cc1. The van der Waals surface area contributed by atoms with E-state index in [1.165, 1.54) is 7.11 Å². The molecule has 0 aliphatic heterocycles. The predicted octanol–water partition coefficient (Wildman–Crippen LogP) is 6.84. The molecule has 3 aromatic carbocycles. The summed E-state index contributed by atoms with van der Waals surface area (Å²) in [6.07, 6.45) is 4.08. The van der Waals surface area contributed by atoms with Crippen LogP contribution >= 0.6 is 31.9 Å². The molecule has 0 radical (unpaired) electrons. The lowest BCUT2D eigenvalue weighted by molar-refractivity contribution is 0.0601. The first-order chi connectivity index (χ1) is 12.6. The van der Waals surface area contributed by atoms with Crippen molar-refractivity contribution >= 4 is 50.0 Å². The second kappa shape index (κ2) is 8.47. The lowest BCUT2D eigenvalue weighted by atomic mass is 9.97. The van der Waals surface area contributed by atoms with Gasteiger partial charge in [0, 0.05) is 8.95 Å². The van der Waals surface area contributed by atoms with E-state index in [0.29, 0.717) is 5.56 Å². The highest BCUT2D eigenvalue weighted by Gasteiger charge is 2.13. The summed E-state index contributed by atoms with van der Waals surface area (Å²) in [6.45, 7) is 0. The maximum absolute atomic E-state index is 12.1. The summed E-state index contributed by atoms with van der Waals surface area (Å²) in [4.78, 5) is 12.1. The summed E-state index contributed by atoms with van der Waals surface area (Å²) in [7, 11) is 1.40. The molecule has 0 spiro atoms. The van der Waals surface area contributed by atoms with Gasteiger partial charge in [0.15, 0.2) is 0 Å². The van der Waals surface area contributed by atoms with Crippen LogP contribution in [0.3, 0.4) is 0 Å². The molecule has 0 aliphatic carbocycles. The van der Waals surface area contributed by atoms with E-state index in [2.05, 4.69) is 31.9 Å². The smallest absolute Gasteiger partial charge is 0.338 e. The van der Waals surface area contributed by atoms with Crippen LogP contribution in [0.5, 0.6) is 0 Å². The van der Waals surface area contributed by atoms with E-state index in [1.807, 2.05) is 78.9 Å². The van der Waals surface area contributed by atoms with Crippen molar-refractivity contribution in [1.29, 1.82) is 0 Å². The fourth-order valence-electron chi connectivity index (χ4n) is 2.59. The molecule has 26 heavy (non-hydrogen) atoms. The van der Waals surface area contributed by atoms with Crippen LogP contribution in [0.2, 0.25) is 0 Å². The minimum Gasteiger partial charge on any atom is -0.465 e. The Bertz CT molecular complexity index is 943. The number of methoxy groups -OCH3 is 1. The predicted molar refractivity (Wildman–Crippen MR) is 114 cm³/mol. The number of ether oxygens (including phenoxy) is 1. The van der Waals surface area contributed by atoms with E-state index in [9.17, 15) is 4.79 Å². The number of carbonyl (C=O) groups is 1. The van der Waals surface area contributed by atoms with Gasteiger partial charge in [0.25, 0.3) is 0 Å². The van der Waals surface area contributed by atoms with Gasteiger partial charge in [-0.05, 0) is 58.7 Å². The molecule has 2 nitrogen and oxygen atoms in total. The third kappa shape index (κ3) is 4.51. The van der Waals surface area contributed by atoms with E-state index in [0.717, 1.165) is 31.2 Å². The molecule has 0 unspecified atom stereocenters. The molecule has 0 fully saturated rings. The summed E-state index contributed by atoms with van der Waals surface area (Å²) in [5.74, 6) is -0.341. The molecule has 0 saturated carbocycles. The molecule has 130 valence electrons. The van der Waals surface area contributed by atoms with Crippen molar-refractivity contribution < 1.29 is 9.53 Å². The third-order valence-corrected chi connectivity index (χ3v) is 5.00. The molecule has 0 atom stereocenters. The number of hydrogen-bond donors (Lipinski definition) is 0. The van der Waals surface area contributed by atoms with E-state index < -0.39 is 0 Å². The van der Waals surface area contributed by atoms with Gasteiger partial charge >= 0.3 is 5.97 Å². The van der Waals surface area contributed by atoms with Crippen molar-refractivity contribution in [3.05, 3.63) is 92.4 Å². The zero-order chi connectivity index (χ0) is 18.5. The second-order valence-corrected chi connectivity index (χ2v) is 7.52. The van der Waals surface area contributed by atoms with Gasteiger partial charge < -0.3 is 4.74 Å². The van der Waals surface area contributed by atoms with E-state index in [4.69, 9.17) is 4.74 Å². The number of esters is 1. The lowest BCUT2D eigenvalue weighted by Crippen LogP contribution is -2.03. The van der Waals surface area contributed by atoms with Crippen molar-refractivity contribution in [2.24, 2.45) is 0 Å². The number of halogens is 2. The highest BCUT2D eigenvalue weighted by atomic mass is 79.9. The van der Waals surface area contributed by atoms with Crippen molar-refractivity contribution in [2.45, 2.75) is 0 Å². The highest BCUT2D eigenvalue weighted by molar-refractivity contribution is 9.10. The largest absolute Gasteiger partial charge is 0.465 e. The number of carbonyl (C=O) groups excluding carboxylic acids is 1. The quantitative estimate of drug-likeness (QED) is 0.307. The molecule has 0 saturated heterocycles. The summed E-state index contributed by atoms with van der Waals surface area (Å²) in [5, 5.41) is 0. The van der Waals surface area contributed by atoms with Crippen molar-refractivity contribution in [2.75, 3.05) is 7.11 Å². The molecule has 0 heterocycles. The van der Waals surface area contributed by atoms with Crippen LogP contribution in [0.15, 0.2) is 75.7 Å². The normalized spacial score (nSPS) is 10.9. The molecule has 0 aromatic heterocycles. The fourth-order valence-corrected chi connectivity index (χ4v) is 3.12. The maximum atomic E-state index is 12.1. The van der Waals surface area contributed by atoms with Crippen LogP contribution in [-0.2, 0) is 4.74 Å². The number of benzene rings is 3. The monoisotopic (exact) mass is 470 g/mol. The van der Waals surface area contributed by atoms with Crippen LogP contribution in [0.1, 0.15) is 21.5 Å². The van der Waals surface area contributed by atoms with Gasteiger partial charge in [0.05, 0.1) is 12.7 Å². The summed E-state index contributed by atoms with van der Waals surface area (Å²) in [5.41, 5.74) is 4.49. The van der Waals surface area contributed by atoms with Crippen LogP contribution in [0.25, 0.3) is 23.3 Å². The molecular weight excluding hydrogens is 456 g/mol. The molecule has 0 aliphatic rings. The van der Waals surface area contributed by atoms with Gasteiger partial charge in [-0.15, -0.1) is 0 Å². The molecule has 3 aromatic rings. The Labute approximate surface area is 169 Å². The number of hydrogen-bond acceptors (Lipinski definition) is 2. The first kappa shape index (κ1) is 18.6. The Kier molecular flexibility index (Phi) is 6.07. The van der Waals surface area contributed by atoms with Gasteiger partial charge in [-0.25, -0.2) is 4.79 Å². The summed E-state index contributed by atoms with van der Waals surface area (Å²) in [6, 6.07) is 21.7. The molecule has 4 heteroatoms. The zero-order valence-electron chi connectivity index (χ0n) is 14.1. The minimum absolute atomic E-state index is 0.341. The van der Waals surface area contributed by atoms with Crippen molar-refractivity contribution in [3.8, 4) is 11.1 Å². The highest BCUT2D eigenvalue weighted by Crippen LogP contribution is 2.28. The summed E-state index contributed by atoms with van der Waals surface area (Å²) < 4.78 is 6.98. The molecule has 3 rings (SSSR count). The van der Waals surface area contributed by atoms with E-state index in [1.54, 1.807) is 0 Å². The topological polar surface area (TPSA) is 26.3 Å². The van der Waals surface area contributed by atoms with Crippen LogP contribution < -0.4 is 0 Å². The van der Waals surface area contributed by atoms with Crippen LogP contribution in [0, 0.1) is 0 Å². The van der Waals surface area contributed by atoms with Gasteiger partial charge in [0.2, 0.25) is 0 Å². The van der Waals surface area contributed by atoms with Gasteiger partial charge in [-0.2, -0.15) is 0 Å². The molecule has 0 N–H and O–H groups in total. The average Bonchev–Trinajstić information content (AvgIpc) is 2.67. The van der Waals surface area contributed by atoms with E-state index >= 15 is 0 Å². The van der Waals surface area contributed by atoms with Gasteiger partial charge in [-0.3, -0.25) is 0 Å². The van der Waals surface area contributed by atoms with Crippen molar-refractivity contribution in [1.82, 2.24) is 0 Å². The Morgan fingerprint density at radius 2 is 1.35 bits per heavy atom. The second-order valence-electron chi connectivity index (χ2n) is 5.69. The molecule has 0 bridgehead atoms. The van der Waals surface area contributed by atoms with Gasteiger partial charge in [0.1, 0.15) is 0 Å². The molecule has 0 amide bonds.